The van der Waals surface area contributed by atoms with E-state index in [0.717, 1.165) is 47.0 Å². The molecule has 0 amide bonds. The van der Waals surface area contributed by atoms with Crippen molar-refractivity contribution in [3.8, 4) is 17.2 Å². The quantitative estimate of drug-likeness (QED) is 0.0786. The van der Waals surface area contributed by atoms with Crippen LogP contribution in [0.5, 0.6) is 17.2 Å². The number of nitrogens with one attached hydrogen (secondary N) is 1. The topological polar surface area (TPSA) is 231 Å². The Labute approximate surface area is 358 Å². The molecule has 324 valence electrons. The lowest BCUT2D eigenvalue weighted by Crippen LogP contribution is -2.57. The molecule has 4 bridgehead atoms. The molecule has 3 aromatic heterocycles. The summed E-state index contributed by atoms with van der Waals surface area (Å²) in [6.45, 7) is 4.04. The summed E-state index contributed by atoms with van der Waals surface area (Å²) >= 11 is 0. The zero-order valence-corrected chi connectivity index (χ0v) is 35.0. The van der Waals surface area contributed by atoms with E-state index < -0.39 is 66.4 Å². The van der Waals surface area contributed by atoms with Crippen LogP contribution in [0.4, 0.5) is 11.6 Å². The lowest BCUT2D eigenvalue weighted by Gasteiger charge is -2.49. The number of phenolic OH excluding ortho intramolecular Hbond substituents is 2. The summed E-state index contributed by atoms with van der Waals surface area (Å²) in [4.78, 5) is 37.6. The van der Waals surface area contributed by atoms with E-state index in [1.54, 1.807) is 25.3 Å². The second-order valence-electron chi connectivity index (χ2n) is 17.5. The summed E-state index contributed by atoms with van der Waals surface area (Å²) < 4.78 is 20.3. The van der Waals surface area contributed by atoms with Gasteiger partial charge in [0.05, 0.1) is 18.8 Å². The Balaban J connectivity index is 1.39. The number of aromatic hydroxyl groups is 2. The number of aromatic nitrogens is 2. The van der Waals surface area contributed by atoms with Crippen LogP contribution >= 0.6 is 0 Å². The third kappa shape index (κ3) is 6.84. The lowest BCUT2D eigenvalue weighted by molar-refractivity contribution is -0.165. The highest BCUT2D eigenvalue weighted by Gasteiger charge is 2.54. The van der Waals surface area contributed by atoms with Gasteiger partial charge in [-0.25, -0.2) is 14.8 Å². The van der Waals surface area contributed by atoms with Gasteiger partial charge in [-0.1, -0.05) is 18.2 Å². The molecule has 0 saturated carbocycles. The molecule has 9 rings (SSSR count). The Morgan fingerprint density at radius 3 is 2.61 bits per heavy atom. The Hall–Kier alpha value is -5.96. The second kappa shape index (κ2) is 16.1. The largest absolute Gasteiger partial charge is 0.508 e. The number of nitrogen functional groups attached to an aromatic ring is 1. The molecule has 6 heterocycles. The number of phenols is 2. The number of anilines is 2. The molecule has 2 aromatic carbocycles. The van der Waals surface area contributed by atoms with E-state index in [1.165, 1.54) is 6.08 Å². The van der Waals surface area contributed by atoms with Crippen LogP contribution < -0.4 is 21.2 Å². The molecular weight excluding hydrogens is 793 g/mol. The first-order valence-corrected chi connectivity index (χ1v) is 21.4. The van der Waals surface area contributed by atoms with E-state index in [4.69, 9.17) is 24.6 Å². The zero-order chi connectivity index (χ0) is 43.6. The van der Waals surface area contributed by atoms with Crippen LogP contribution in [0, 0.1) is 5.92 Å². The van der Waals surface area contributed by atoms with E-state index in [0.29, 0.717) is 42.4 Å². The van der Waals surface area contributed by atoms with E-state index in [2.05, 4.69) is 23.3 Å². The number of hydrogen-bond acceptors (Lipinski definition) is 14. The fourth-order valence-corrected chi connectivity index (χ4v) is 10.7. The molecule has 4 aliphatic rings. The van der Waals surface area contributed by atoms with Crippen LogP contribution in [-0.2, 0) is 41.8 Å². The van der Waals surface area contributed by atoms with Crippen molar-refractivity contribution in [2.45, 2.75) is 108 Å². The van der Waals surface area contributed by atoms with Crippen LogP contribution in [0.15, 0.2) is 69.7 Å². The molecule has 0 fully saturated rings. The van der Waals surface area contributed by atoms with Crippen molar-refractivity contribution in [1.29, 1.82) is 0 Å². The summed E-state index contributed by atoms with van der Waals surface area (Å²) in [6.07, 6.45) is 7.56. The summed E-state index contributed by atoms with van der Waals surface area (Å²) in [6, 6.07) is 10.6. The summed E-state index contributed by atoms with van der Waals surface area (Å²) in [5.41, 5.74) is 10.5. The molecule has 0 radical (unpaired) electrons. The third-order valence-electron chi connectivity index (χ3n) is 13.9. The average Bonchev–Trinajstić information content (AvgIpc) is 3.30. The number of carbonyl (C=O) groups is 1. The van der Waals surface area contributed by atoms with Gasteiger partial charge in [-0.15, -0.1) is 0 Å². The fourth-order valence-electron chi connectivity index (χ4n) is 10.7. The molecule has 7 unspecified atom stereocenters. The summed E-state index contributed by atoms with van der Waals surface area (Å²) in [7, 11) is 0. The standard InChI is InChI=1S/C48H52N4O10/c1-4-25(20-53)47(59)61-37-18-34-42(58)40-36(57)17-31(21-54)60-44(40)41-39-32-11-12-50-45(49)38(32)27(8-7-26-9-10-30(56)16-33(26)35(39)22-55)15-29(48(37,3)62-43(34)41)14-24-13-28-6-5-23(2)52-46(28)51-19-24/h4,9-13,16-17,19,23,27,29,35,37,39,53-56,58H,5-8,14-15,18,20-22H2,1-3H3,(H2,49,50)(H,51,52). The number of hydrogen-bond donors (Lipinski definition) is 7. The molecule has 0 saturated heterocycles. The molecule has 0 spiro atoms. The van der Waals surface area contributed by atoms with E-state index in [1.807, 2.05) is 25.3 Å². The van der Waals surface area contributed by atoms with Crippen LogP contribution in [0.3, 0.4) is 0 Å². The highest BCUT2D eigenvalue weighted by molar-refractivity contribution is 5.92. The molecule has 14 nitrogen and oxygen atoms in total. The van der Waals surface area contributed by atoms with Gasteiger partial charge in [0.15, 0.2) is 5.43 Å². The van der Waals surface area contributed by atoms with Crippen molar-refractivity contribution in [2.24, 2.45) is 5.92 Å². The fraction of sp³-hybridized carbons (Fsp3) is 0.417. The summed E-state index contributed by atoms with van der Waals surface area (Å²) in [5.74, 6) is -2.38. The first-order valence-electron chi connectivity index (χ1n) is 21.4. The highest BCUT2D eigenvalue weighted by Crippen LogP contribution is 2.58. The molecule has 7 atom stereocenters. The Morgan fingerprint density at radius 1 is 1.05 bits per heavy atom. The molecule has 8 N–H and O–H groups in total. The van der Waals surface area contributed by atoms with Gasteiger partial charge in [-0.2, -0.15) is 0 Å². The monoisotopic (exact) mass is 844 g/mol. The van der Waals surface area contributed by atoms with Crippen LogP contribution in [0.2, 0.25) is 0 Å². The van der Waals surface area contributed by atoms with Crippen molar-refractivity contribution in [2.75, 3.05) is 24.3 Å². The number of pyridine rings is 2. The highest BCUT2D eigenvalue weighted by atomic mass is 16.6. The third-order valence-corrected chi connectivity index (χ3v) is 13.9. The van der Waals surface area contributed by atoms with Crippen molar-refractivity contribution in [1.82, 2.24) is 9.97 Å². The Bertz CT molecular complexity index is 2700. The van der Waals surface area contributed by atoms with Crippen LogP contribution in [0.1, 0.15) is 108 Å². The number of aliphatic hydroxyl groups excluding tert-OH is 3. The number of aliphatic hydroxyl groups is 3. The number of benzene rings is 2. The van der Waals surface area contributed by atoms with Gasteiger partial charge >= 0.3 is 5.97 Å². The van der Waals surface area contributed by atoms with Gasteiger partial charge in [0.1, 0.15) is 63.9 Å². The smallest absolute Gasteiger partial charge is 0.336 e. The molecule has 14 heteroatoms. The number of nitrogens with zero attached hydrogens (tertiary/aromatic N) is 2. The van der Waals surface area contributed by atoms with Crippen molar-refractivity contribution < 1.29 is 44.2 Å². The Kier molecular flexibility index (Phi) is 10.7. The van der Waals surface area contributed by atoms with E-state index in [9.17, 15) is 35.1 Å². The lowest BCUT2D eigenvalue weighted by atomic mass is 9.67. The van der Waals surface area contributed by atoms with Crippen LogP contribution in [0.25, 0.3) is 11.0 Å². The number of allylic oxidation sites excluding steroid dienone is 1. The van der Waals surface area contributed by atoms with Crippen molar-refractivity contribution in [3.05, 3.63) is 121 Å². The molecule has 1 aliphatic carbocycles. The minimum Gasteiger partial charge on any atom is -0.508 e. The molecule has 62 heavy (non-hydrogen) atoms. The number of ether oxygens (including phenoxy) is 2. The normalized spacial score (nSPS) is 25.2. The predicted octanol–water partition coefficient (Wildman–Crippen LogP) is 5.56. The van der Waals surface area contributed by atoms with Gasteiger partial charge in [0.2, 0.25) is 0 Å². The van der Waals surface area contributed by atoms with Crippen molar-refractivity contribution in [3.63, 3.8) is 0 Å². The van der Waals surface area contributed by atoms with Gasteiger partial charge < -0.3 is 50.5 Å². The maximum atomic E-state index is 14.1. The van der Waals surface area contributed by atoms with Gasteiger partial charge in [0.25, 0.3) is 0 Å². The first-order chi connectivity index (χ1) is 29.9. The van der Waals surface area contributed by atoms with Crippen molar-refractivity contribution >= 4 is 28.6 Å². The molecule has 3 aliphatic heterocycles. The number of aryl methyl sites for hydroxylation is 2. The van der Waals surface area contributed by atoms with Crippen LogP contribution in [-0.4, -0.2) is 72.4 Å². The second-order valence-corrected chi connectivity index (χ2v) is 17.5. The maximum absolute atomic E-state index is 14.1. The van der Waals surface area contributed by atoms with E-state index in [-0.39, 0.29) is 63.6 Å². The number of rotatable bonds is 7. The van der Waals surface area contributed by atoms with Gasteiger partial charge in [-0.3, -0.25) is 4.79 Å². The summed E-state index contributed by atoms with van der Waals surface area (Å²) in [5, 5.41) is 58.8. The zero-order valence-electron chi connectivity index (χ0n) is 35.0. The van der Waals surface area contributed by atoms with E-state index >= 15 is 0 Å². The van der Waals surface area contributed by atoms with Gasteiger partial charge in [-0.05, 0) is 111 Å². The minimum atomic E-state index is -1.37. The Morgan fingerprint density at radius 2 is 1.85 bits per heavy atom. The number of esters is 1. The number of fused-ring (bicyclic) bond motifs is 6. The average molecular weight is 845 g/mol. The van der Waals surface area contributed by atoms with Gasteiger partial charge in [0, 0.05) is 65.4 Å². The SMILES string of the molecule is CC=C(CO)C(=O)OC1Cc2c3c(c4oc(CO)cc(=O)c4c2O)C2c4ccnc(N)c4C(CCc4ccc(O)cc4C2CO)CC(Cc2cnc4c(c2)CCC(C)N4)C1(C)O3. The predicted molar refractivity (Wildman–Crippen MR) is 230 cm³/mol. The number of carbonyl (C=O) groups excluding carboxylic acids is 1. The molecule has 5 aromatic rings. The molecular formula is C48H52N4O10. The number of nitrogens with two attached hydrogens (primary N) is 1. The maximum Gasteiger partial charge on any atom is 0.336 e. The first kappa shape index (κ1) is 41.4. The minimum absolute atomic E-state index is 0.00228.